The number of halogens is 2. The van der Waals surface area contributed by atoms with E-state index < -0.39 is 23.2 Å². The maximum absolute atomic E-state index is 14.0. The van der Waals surface area contributed by atoms with E-state index >= 15 is 0 Å². The monoisotopic (exact) mass is 254 g/mol. The molecule has 2 rings (SSSR count). The smallest absolute Gasteiger partial charge is 0.134 e. The maximum Gasteiger partial charge on any atom is 0.134 e. The summed E-state index contributed by atoms with van der Waals surface area (Å²) < 4.78 is 27.8. The zero-order valence-corrected chi connectivity index (χ0v) is 11.0. The van der Waals surface area contributed by atoms with Gasteiger partial charge >= 0.3 is 0 Å². The molecule has 1 saturated carbocycles. The van der Waals surface area contributed by atoms with Crippen molar-refractivity contribution in [1.82, 2.24) is 0 Å². The molecule has 0 spiro atoms. The van der Waals surface area contributed by atoms with Gasteiger partial charge in [0.1, 0.15) is 11.6 Å². The second kappa shape index (κ2) is 4.96. The number of aliphatic hydroxyl groups is 1. The van der Waals surface area contributed by atoms with E-state index in [2.05, 4.69) is 0 Å². The Labute approximate surface area is 107 Å². The van der Waals surface area contributed by atoms with Crippen molar-refractivity contribution >= 4 is 0 Å². The number of hydrogen-bond donors (Lipinski definition) is 1. The first-order valence-electron chi connectivity index (χ1n) is 6.58. The summed E-state index contributed by atoms with van der Waals surface area (Å²) in [4.78, 5) is 0. The van der Waals surface area contributed by atoms with Crippen molar-refractivity contribution < 1.29 is 13.9 Å². The first-order valence-corrected chi connectivity index (χ1v) is 6.58. The molecule has 100 valence electrons. The minimum absolute atomic E-state index is 0.153. The van der Waals surface area contributed by atoms with Gasteiger partial charge in [0, 0.05) is 0 Å². The minimum atomic E-state index is -1.06. The molecule has 0 radical (unpaired) electrons. The zero-order valence-electron chi connectivity index (χ0n) is 11.0. The third-order valence-corrected chi connectivity index (χ3v) is 4.25. The molecule has 1 atom stereocenters. The summed E-state index contributed by atoms with van der Waals surface area (Å²) in [5, 5.41) is 10.4. The van der Waals surface area contributed by atoms with Crippen molar-refractivity contribution in [2.24, 2.45) is 5.41 Å². The largest absolute Gasteiger partial charge is 0.388 e. The lowest BCUT2D eigenvalue weighted by Gasteiger charge is -2.38. The zero-order chi connectivity index (χ0) is 13.3. The Kier molecular flexibility index (Phi) is 3.71. The summed E-state index contributed by atoms with van der Waals surface area (Å²) in [5.74, 6) is -1.24. The van der Waals surface area contributed by atoms with Crippen LogP contribution in [0.1, 0.15) is 56.3 Å². The van der Waals surface area contributed by atoms with Gasteiger partial charge in [-0.25, -0.2) is 8.78 Å². The number of benzene rings is 1. The summed E-state index contributed by atoms with van der Waals surface area (Å²) in [6, 6.07) is 2.65. The fourth-order valence-electron chi connectivity index (χ4n) is 2.91. The van der Waals surface area contributed by atoms with Crippen LogP contribution in [0.4, 0.5) is 8.78 Å². The Morgan fingerprint density at radius 3 is 2.39 bits per heavy atom. The van der Waals surface area contributed by atoms with E-state index in [4.69, 9.17) is 0 Å². The second-order valence-corrected chi connectivity index (χ2v) is 5.71. The lowest BCUT2D eigenvalue weighted by Crippen LogP contribution is -2.29. The molecule has 18 heavy (non-hydrogen) atoms. The maximum atomic E-state index is 14.0. The number of aliphatic hydroxyl groups excluding tert-OH is 1. The van der Waals surface area contributed by atoms with Crippen molar-refractivity contribution in [3.05, 3.63) is 34.9 Å². The van der Waals surface area contributed by atoms with Gasteiger partial charge in [0.05, 0.1) is 11.7 Å². The van der Waals surface area contributed by atoms with Crippen LogP contribution >= 0.6 is 0 Å². The van der Waals surface area contributed by atoms with Crippen LogP contribution in [0.25, 0.3) is 0 Å². The lowest BCUT2D eigenvalue weighted by atomic mass is 9.70. The highest BCUT2D eigenvalue weighted by Crippen LogP contribution is 2.46. The van der Waals surface area contributed by atoms with Gasteiger partial charge in [-0.1, -0.05) is 32.3 Å². The van der Waals surface area contributed by atoms with E-state index in [0.717, 1.165) is 32.1 Å². The first kappa shape index (κ1) is 13.5. The molecular formula is C15H20F2O. The predicted octanol–water partition coefficient (Wildman–Crippen LogP) is 4.28. The van der Waals surface area contributed by atoms with E-state index in [0.29, 0.717) is 5.56 Å². The Bertz CT molecular complexity index is 436. The normalized spacial score (nSPS) is 20.7. The van der Waals surface area contributed by atoms with Crippen LogP contribution in [0.5, 0.6) is 0 Å². The Hall–Kier alpha value is -0.960. The molecule has 1 fully saturated rings. The van der Waals surface area contributed by atoms with Crippen LogP contribution in [0.15, 0.2) is 12.1 Å². The molecule has 1 unspecified atom stereocenters. The molecule has 0 aliphatic heterocycles. The highest BCUT2D eigenvalue weighted by molar-refractivity contribution is 5.29. The number of rotatable bonds is 2. The second-order valence-electron chi connectivity index (χ2n) is 5.71. The third-order valence-electron chi connectivity index (χ3n) is 4.25. The molecule has 1 aromatic carbocycles. The highest BCUT2D eigenvalue weighted by atomic mass is 19.1. The van der Waals surface area contributed by atoms with Crippen LogP contribution in [0.3, 0.4) is 0 Å². The average molecular weight is 254 g/mol. The Morgan fingerprint density at radius 2 is 1.78 bits per heavy atom. The topological polar surface area (TPSA) is 20.2 Å². The number of aryl methyl sites for hydroxylation is 1. The van der Waals surface area contributed by atoms with Crippen LogP contribution in [0, 0.1) is 24.0 Å². The standard InChI is InChI=1S/C15H20F2O/c1-10-6-7-11(16)12(13(10)17)14(18)15(2)8-4-3-5-9-15/h6-7,14,18H,3-5,8-9H2,1-2H3. The summed E-state index contributed by atoms with van der Waals surface area (Å²) in [6.45, 7) is 3.52. The van der Waals surface area contributed by atoms with Gasteiger partial charge in [0.2, 0.25) is 0 Å². The molecule has 3 heteroatoms. The summed E-state index contributed by atoms with van der Waals surface area (Å²) >= 11 is 0. The highest BCUT2D eigenvalue weighted by Gasteiger charge is 2.38. The van der Waals surface area contributed by atoms with E-state index in [-0.39, 0.29) is 5.56 Å². The van der Waals surface area contributed by atoms with Crippen LogP contribution in [-0.4, -0.2) is 5.11 Å². The van der Waals surface area contributed by atoms with Crippen molar-refractivity contribution in [2.75, 3.05) is 0 Å². The SMILES string of the molecule is Cc1ccc(F)c(C(O)C2(C)CCCCC2)c1F. The Morgan fingerprint density at radius 1 is 1.17 bits per heavy atom. The van der Waals surface area contributed by atoms with Crippen molar-refractivity contribution in [3.8, 4) is 0 Å². The molecule has 0 heterocycles. The van der Waals surface area contributed by atoms with Gasteiger partial charge in [-0.15, -0.1) is 0 Å². The Balaban J connectivity index is 2.39. The first-order chi connectivity index (χ1) is 8.46. The molecule has 0 bridgehead atoms. The van der Waals surface area contributed by atoms with E-state index in [1.807, 2.05) is 6.92 Å². The quantitative estimate of drug-likeness (QED) is 0.835. The van der Waals surface area contributed by atoms with Gasteiger partial charge < -0.3 is 5.11 Å². The average Bonchev–Trinajstić information content (AvgIpc) is 2.35. The van der Waals surface area contributed by atoms with E-state index in [9.17, 15) is 13.9 Å². The van der Waals surface area contributed by atoms with Gasteiger partial charge in [0.15, 0.2) is 0 Å². The third kappa shape index (κ3) is 2.28. The molecule has 0 aromatic heterocycles. The van der Waals surface area contributed by atoms with Crippen LogP contribution in [0.2, 0.25) is 0 Å². The molecule has 1 aliphatic carbocycles. The van der Waals surface area contributed by atoms with Gasteiger partial charge in [-0.3, -0.25) is 0 Å². The number of hydrogen-bond acceptors (Lipinski definition) is 1. The summed E-state index contributed by atoms with van der Waals surface area (Å²) in [5.41, 5.74) is -0.183. The lowest BCUT2D eigenvalue weighted by molar-refractivity contribution is 0.00329. The fourth-order valence-corrected chi connectivity index (χ4v) is 2.91. The fraction of sp³-hybridized carbons (Fsp3) is 0.600. The predicted molar refractivity (Wildman–Crippen MR) is 67.2 cm³/mol. The minimum Gasteiger partial charge on any atom is -0.388 e. The molecule has 1 aromatic rings. The molecular weight excluding hydrogens is 234 g/mol. The molecule has 0 saturated heterocycles. The van der Waals surface area contributed by atoms with E-state index in [1.54, 1.807) is 6.92 Å². The van der Waals surface area contributed by atoms with Crippen LogP contribution < -0.4 is 0 Å². The molecule has 1 N–H and O–H groups in total. The van der Waals surface area contributed by atoms with Gasteiger partial charge in [-0.2, -0.15) is 0 Å². The molecule has 1 aliphatic rings. The summed E-state index contributed by atoms with van der Waals surface area (Å²) in [7, 11) is 0. The van der Waals surface area contributed by atoms with E-state index in [1.165, 1.54) is 12.1 Å². The van der Waals surface area contributed by atoms with Crippen molar-refractivity contribution in [2.45, 2.75) is 52.1 Å². The van der Waals surface area contributed by atoms with Crippen LogP contribution in [-0.2, 0) is 0 Å². The summed E-state index contributed by atoms with van der Waals surface area (Å²) in [6.07, 6.45) is 3.76. The van der Waals surface area contributed by atoms with Gasteiger partial charge in [-0.05, 0) is 36.8 Å². The molecule has 1 nitrogen and oxygen atoms in total. The molecule has 0 amide bonds. The van der Waals surface area contributed by atoms with Crippen molar-refractivity contribution in [1.29, 1.82) is 0 Å². The van der Waals surface area contributed by atoms with Gasteiger partial charge in [0.25, 0.3) is 0 Å². The van der Waals surface area contributed by atoms with Crippen molar-refractivity contribution in [3.63, 3.8) is 0 Å².